The molecule has 2 aromatic heterocycles. The van der Waals surface area contributed by atoms with E-state index in [9.17, 15) is 10.1 Å². The monoisotopic (exact) mass is 286 g/mol. The first-order chi connectivity index (χ1) is 10.8. The lowest BCUT2D eigenvalue weighted by Gasteiger charge is -2.08. The van der Waals surface area contributed by atoms with Crippen molar-refractivity contribution >= 4 is 22.1 Å². The van der Waals surface area contributed by atoms with E-state index in [1.807, 2.05) is 60.7 Å². The topological polar surface area (TPSA) is 58.9 Å². The van der Waals surface area contributed by atoms with Crippen molar-refractivity contribution in [2.24, 2.45) is 0 Å². The van der Waals surface area contributed by atoms with Crippen LogP contribution >= 0.6 is 0 Å². The van der Waals surface area contributed by atoms with Gasteiger partial charge in [0.25, 0.3) is 5.56 Å². The van der Waals surface area contributed by atoms with Crippen LogP contribution in [-0.4, -0.2) is 4.57 Å². The first kappa shape index (κ1) is 12.4. The Labute approximate surface area is 125 Å². The fourth-order valence-corrected chi connectivity index (χ4v) is 2.70. The van der Waals surface area contributed by atoms with E-state index in [1.54, 1.807) is 4.57 Å². The molecule has 2 aromatic carbocycles. The quantitative estimate of drug-likeness (QED) is 0.537. The minimum atomic E-state index is -0.340. The number of furan rings is 1. The number of nitrogens with zero attached hydrogens (tertiary/aromatic N) is 2. The van der Waals surface area contributed by atoms with E-state index in [2.05, 4.69) is 0 Å². The molecule has 0 aliphatic rings. The summed E-state index contributed by atoms with van der Waals surface area (Å²) in [5.41, 5.74) is 2.34. The van der Waals surface area contributed by atoms with Gasteiger partial charge < -0.3 is 4.42 Å². The van der Waals surface area contributed by atoms with Gasteiger partial charge in [0.05, 0.1) is 0 Å². The summed E-state index contributed by atoms with van der Waals surface area (Å²) in [6.45, 7) is 0. The van der Waals surface area contributed by atoms with Crippen LogP contribution in [0, 0.1) is 11.3 Å². The number of hydrogen-bond acceptors (Lipinski definition) is 3. The van der Waals surface area contributed by atoms with E-state index >= 15 is 0 Å². The Morgan fingerprint density at radius 2 is 1.68 bits per heavy atom. The van der Waals surface area contributed by atoms with Crippen LogP contribution in [0.25, 0.3) is 27.8 Å². The predicted molar refractivity (Wildman–Crippen MR) is 84.0 cm³/mol. The number of hydrogen-bond donors (Lipinski definition) is 0. The third kappa shape index (κ3) is 1.66. The minimum Gasteiger partial charge on any atom is -0.454 e. The molecule has 0 saturated heterocycles. The van der Waals surface area contributed by atoms with Crippen LogP contribution in [0.5, 0.6) is 0 Å². The van der Waals surface area contributed by atoms with Gasteiger partial charge in [-0.05, 0) is 24.3 Å². The molecule has 0 N–H and O–H groups in total. The van der Waals surface area contributed by atoms with Crippen molar-refractivity contribution in [2.45, 2.75) is 0 Å². The normalized spacial score (nSPS) is 10.9. The van der Waals surface area contributed by atoms with Gasteiger partial charge in [-0.1, -0.05) is 30.3 Å². The van der Waals surface area contributed by atoms with Crippen LogP contribution < -0.4 is 5.56 Å². The number of fused-ring (bicyclic) bond motifs is 3. The third-order valence-electron chi connectivity index (χ3n) is 3.66. The van der Waals surface area contributed by atoms with E-state index in [-0.39, 0.29) is 11.1 Å². The molecule has 4 heteroatoms. The summed E-state index contributed by atoms with van der Waals surface area (Å²) in [5.74, 6) is 0. The number of nitriles is 1. The Morgan fingerprint density at radius 3 is 2.45 bits per heavy atom. The first-order valence-corrected chi connectivity index (χ1v) is 6.82. The van der Waals surface area contributed by atoms with Gasteiger partial charge >= 0.3 is 0 Å². The lowest BCUT2D eigenvalue weighted by Crippen LogP contribution is -2.20. The molecule has 0 spiro atoms. The maximum Gasteiger partial charge on any atom is 0.273 e. The van der Waals surface area contributed by atoms with Crippen LogP contribution in [0.15, 0.2) is 69.9 Å². The molecule has 0 radical (unpaired) electrons. The van der Waals surface area contributed by atoms with Crippen molar-refractivity contribution < 1.29 is 4.42 Å². The van der Waals surface area contributed by atoms with Crippen molar-refractivity contribution in [3.8, 4) is 11.8 Å². The standard InChI is InChI=1S/C18H10N2O2/c19-11-12-10-16-17(14-8-4-5-9-15(14)22-16)20(18(12)21)13-6-2-1-3-7-13/h1-10H. The molecule has 2 heterocycles. The van der Waals surface area contributed by atoms with Gasteiger partial charge in [0.1, 0.15) is 22.7 Å². The average molecular weight is 286 g/mol. The zero-order valence-corrected chi connectivity index (χ0v) is 11.5. The van der Waals surface area contributed by atoms with E-state index in [1.165, 1.54) is 6.07 Å². The number of benzene rings is 2. The average Bonchev–Trinajstić information content (AvgIpc) is 2.93. The fourth-order valence-electron chi connectivity index (χ4n) is 2.70. The molecule has 0 fully saturated rings. The number of pyridine rings is 1. The highest BCUT2D eigenvalue weighted by atomic mass is 16.3. The van der Waals surface area contributed by atoms with Crippen LogP contribution in [0.2, 0.25) is 0 Å². The molecule has 104 valence electrons. The third-order valence-corrected chi connectivity index (χ3v) is 3.66. The molecule has 4 rings (SSSR count). The van der Waals surface area contributed by atoms with Gasteiger partial charge in [-0.2, -0.15) is 5.26 Å². The molecule has 0 bridgehead atoms. The van der Waals surface area contributed by atoms with Gasteiger partial charge in [-0.3, -0.25) is 9.36 Å². The summed E-state index contributed by atoms with van der Waals surface area (Å²) < 4.78 is 7.34. The summed E-state index contributed by atoms with van der Waals surface area (Å²) in [7, 11) is 0. The molecule has 0 saturated carbocycles. The highest BCUT2D eigenvalue weighted by molar-refractivity contribution is 6.03. The fraction of sp³-hybridized carbons (Fsp3) is 0. The maximum absolute atomic E-state index is 12.7. The molecule has 4 nitrogen and oxygen atoms in total. The smallest absolute Gasteiger partial charge is 0.273 e. The molecule has 0 aliphatic carbocycles. The molecular formula is C18H10N2O2. The van der Waals surface area contributed by atoms with Crippen molar-refractivity contribution in [1.82, 2.24) is 4.57 Å². The van der Waals surface area contributed by atoms with E-state index < -0.39 is 0 Å². The number of para-hydroxylation sites is 2. The van der Waals surface area contributed by atoms with E-state index in [0.717, 1.165) is 5.39 Å². The van der Waals surface area contributed by atoms with Crippen LogP contribution in [-0.2, 0) is 0 Å². The Morgan fingerprint density at radius 1 is 0.955 bits per heavy atom. The Kier molecular flexibility index (Phi) is 2.60. The number of aromatic nitrogens is 1. The Bertz CT molecular complexity index is 1100. The lowest BCUT2D eigenvalue weighted by atomic mass is 10.2. The Balaban J connectivity index is 2.28. The summed E-state index contributed by atoms with van der Waals surface area (Å²) in [6.07, 6.45) is 0. The second kappa shape index (κ2) is 4.61. The summed E-state index contributed by atoms with van der Waals surface area (Å²) >= 11 is 0. The molecule has 0 aliphatic heterocycles. The van der Waals surface area contributed by atoms with Gasteiger partial charge in [-0.15, -0.1) is 0 Å². The van der Waals surface area contributed by atoms with Gasteiger partial charge in [0, 0.05) is 17.1 Å². The van der Waals surface area contributed by atoms with Crippen molar-refractivity contribution in [3.63, 3.8) is 0 Å². The minimum absolute atomic E-state index is 0.0652. The highest BCUT2D eigenvalue weighted by Crippen LogP contribution is 2.29. The first-order valence-electron chi connectivity index (χ1n) is 6.82. The van der Waals surface area contributed by atoms with E-state index in [0.29, 0.717) is 22.4 Å². The van der Waals surface area contributed by atoms with Crippen LogP contribution in [0.4, 0.5) is 0 Å². The zero-order valence-electron chi connectivity index (χ0n) is 11.5. The molecular weight excluding hydrogens is 276 g/mol. The Hall–Kier alpha value is -3.32. The molecule has 4 aromatic rings. The van der Waals surface area contributed by atoms with Gasteiger partial charge in [-0.25, -0.2) is 0 Å². The van der Waals surface area contributed by atoms with Crippen molar-refractivity contribution in [2.75, 3.05) is 0 Å². The zero-order chi connectivity index (χ0) is 15.1. The summed E-state index contributed by atoms with van der Waals surface area (Å²) in [4.78, 5) is 12.7. The summed E-state index contributed by atoms with van der Waals surface area (Å²) in [6, 6.07) is 20.3. The second-order valence-corrected chi connectivity index (χ2v) is 4.96. The maximum atomic E-state index is 12.7. The van der Waals surface area contributed by atoms with Crippen LogP contribution in [0.3, 0.4) is 0 Å². The highest BCUT2D eigenvalue weighted by Gasteiger charge is 2.16. The van der Waals surface area contributed by atoms with Crippen molar-refractivity contribution in [1.29, 1.82) is 5.26 Å². The molecule has 0 atom stereocenters. The lowest BCUT2D eigenvalue weighted by molar-refractivity contribution is 0.666. The second-order valence-electron chi connectivity index (χ2n) is 4.96. The molecule has 0 amide bonds. The number of rotatable bonds is 1. The van der Waals surface area contributed by atoms with Crippen molar-refractivity contribution in [3.05, 3.63) is 76.6 Å². The van der Waals surface area contributed by atoms with E-state index in [4.69, 9.17) is 4.42 Å². The van der Waals surface area contributed by atoms with Gasteiger partial charge in [0.15, 0.2) is 5.58 Å². The van der Waals surface area contributed by atoms with Crippen LogP contribution in [0.1, 0.15) is 5.56 Å². The predicted octanol–water partition coefficient (Wildman–Crippen LogP) is 3.61. The largest absolute Gasteiger partial charge is 0.454 e. The molecule has 22 heavy (non-hydrogen) atoms. The molecule has 0 unspecified atom stereocenters. The summed E-state index contributed by atoms with van der Waals surface area (Å²) in [5, 5.41) is 10.1. The van der Waals surface area contributed by atoms with Gasteiger partial charge in [0.2, 0.25) is 0 Å². The SMILES string of the molecule is N#Cc1cc2oc3ccccc3c2n(-c2ccccc2)c1=O.